The molecule has 3 aromatic rings. The predicted molar refractivity (Wildman–Crippen MR) is 139 cm³/mol. The average Bonchev–Trinajstić information content (AvgIpc) is 2.82. The van der Waals surface area contributed by atoms with Gasteiger partial charge in [-0.15, -0.1) is 24.0 Å². The van der Waals surface area contributed by atoms with Gasteiger partial charge in [-0.3, -0.25) is 0 Å². The summed E-state index contributed by atoms with van der Waals surface area (Å²) in [5.41, 5.74) is 3.04. The molecule has 0 aliphatic carbocycles. The van der Waals surface area contributed by atoms with E-state index in [1.54, 1.807) is 6.20 Å². The highest BCUT2D eigenvalue weighted by Gasteiger charge is 2.07. The molecule has 1 atom stereocenters. The van der Waals surface area contributed by atoms with Crippen LogP contribution in [0.25, 0.3) is 0 Å². The van der Waals surface area contributed by atoms with Gasteiger partial charge < -0.3 is 20.5 Å². The second-order valence-electron chi connectivity index (χ2n) is 7.11. The molecule has 1 unspecified atom stereocenters. The number of benzene rings is 2. The monoisotopic (exact) mass is 546 g/mol. The summed E-state index contributed by atoms with van der Waals surface area (Å²) >= 11 is 0. The van der Waals surface area contributed by atoms with Crippen LogP contribution in [0.4, 0.5) is 0 Å². The van der Waals surface area contributed by atoms with Crippen LogP contribution in [0.3, 0.4) is 0 Å². The zero-order valence-corrected chi connectivity index (χ0v) is 20.6. The summed E-state index contributed by atoms with van der Waals surface area (Å²) in [6.07, 6.45) is 1.84. The summed E-state index contributed by atoms with van der Waals surface area (Å²) in [5, 5.41) is 16.8. The minimum absolute atomic E-state index is 0. The van der Waals surface area contributed by atoms with Crippen molar-refractivity contribution in [2.75, 3.05) is 13.1 Å². The third kappa shape index (κ3) is 8.84. The Bertz CT molecular complexity index is 939. The van der Waals surface area contributed by atoms with Gasteiger partial charge in [0.1, 0.15) is 6.61 Å². The summed E-state index contributed by atoms with van der Waals surface area (Å²) < 4.78 is 5.80. The molecule has 0 saturated carbocycles. The number of guanidine groups is 1. The van der Waals surface area contributed by atoms with Crippen LogP contribution >= 0.6 is 24.0 Å². The first-order valence-corrected chi connectivity index (χ1v) is 10.6. The smallest absolute Gasteiger partial charge is 0.213 e. The van der Waals surface area contributed by atoms with Gasteiger partial charge in [-0.25, -0.2) is 9.98 Å². The zero-order chi connectivity index (χ0) is 21.7. The van der Waals surface area contributed by atoms with Crippen molar-refractivity contribution >= 4 is 29.9 Å². The fourth-order valence-corrected chi connectivity index (χ4v) is 3.04. The van der Waals surface area contributed by atoms with Gasteiger partial charge in [0.05, 0.1) is 12.6 Å². The lowest BCUT2D eigenvalue weighted by Crippen LogP contribution is -2.38. The average molecular weight is 546 g/mol. The largest absolute Gasteiger partial charge is 0.473 e. The van der Waals surface area contributed by atoms with Crippen molar-refractivity contribution in [3.05, 3.63) is 95.7 Å². The molecule has 0 fully saturated rings. The fraction of sp³-hybridized carbons (Fsp3) is 0.280. The van der Waals surface area contributed by atoms with Crippen molar-refractivity contribution in [1.29, 1.82) is 0 Å². The van der Waals surface area contributed by atoms with E-state index < -0.39 is 6.10 Å². The molecule has 1 heterocycles. The summed E-state index contributed by atoms with van der Waals surface area (Å²) in [7, 11) is 0. The Morgan fingerprint density at radius 1 is 1.00 bits per heavy atom. The number of aliphatic imine (C=N–C) groups is 1. The number of rotatable bonds is 10. The maximum absolute atomic E-state index is 10.3. The molecular formula is C25H31IN4O2. The quantitative estimate of drug-likeness (QED) is 0.199. The number of nitrogens with one attached hydrogen (secondary N) is 2. The lowest BCUT2D eigenvalue weighted by Gasteiger charge is -2.14. The maximum atomic E-state index is 10.3. The number of aliphatic hydroxyl groups excluding tert-OH is 1. The van der Waals surface area contributed by atoms with E-state index in [9.17, 15) is 5.11 Å². The summed E-state index contributed by atoms with van der Waals surface area (Å²) in [4.78, 5) is 8.93. The third-order valence-corrected chi connectivity index (χ3v) is 4.69. The SMILES string of the molecule is CCNC(=NCc1ccnc(OCc2ccccc2)c1)NCCC(O)c1ccccc1.I. The fourth-order valence-electron chi connectivity index (χ4n) is 3.04. The first-order valence-electron chi connectivity index (χ1n) is 10.6. The van der Waals surface area contributed by atoms with E-state index >= 15 is 0 Å². The van der Waals surface area contributed by atoms with Gasteiger partial charge >= 0.3 is 0 Å². The van der Waals surface area contributed by atoms with Crippen LogP contribution in [0.1, 0.15) is 36.1 Å². The molecule has 6 nitrogen and oxygen atoms in total. The van der Waals surface area contributed by atoms with Crippen LogP contribution in [0.5, 0.6) is 5.88 Å². The number of halogens is 1. The molecule has 3 N–H and O–H groups in total. The molecule has 2 aromatic carbocycles. The number of ether oxygens (including phenoxy) is 1. The molecule has 0 aliphatic rings. The second kappa shape index (κ2) is 14.4. The van der Waals surface area contributed by atoms with Gasteiger partial charge in [0, 0.05) is 25.4 Å². The van der Waals surface area contributed by atoms with E-state index in [1.807, 2.05) is 79.7 Å². The lowest BCUT2D eigenvalue weighted by molar-refractivity contribution is 0.168. The van der Waals surface area contributed by atoms with Crippen molar-refractivity contribution in [3.63, 3.8) is 0 Å². The Hall–Kier alpha value is -2.65. The number of nitrogens with zero attached hydrogens (tertiary/aromatic N) is 2. The third-order valence-electron chi connectivity index (χ3n) is 4.69. The molecule has 32 heavy (non-hydrogen) atoms. The number of aromatic nitrogens is 1. The molecule has 0 radical (unpaired) electrons. The van der Waals surface area contributed by atoms with Crippen LogP contribution in [0, 0.1) is 0 Å². The highest BCUT2D eigenvalue weighted by Crippen LogP contribution is 2.15. The van der Waals surface area contributed by atoms with Crippen LogP contribution in [0.2, 0.25) is 0 Å². The first-order chi connectivity index (χ1) is 15.2. The summed E-state index contributed by atoms with van der Waals surface area (Å²) in [6.45, 7) is 4.38. The van der Waals surface area contributed by atoms with Crippen molar-refractivity contribution in [2.45, 2.75) is 32.6 Å². The topological polar surface area (TPSA) is 78.8 Å². The van der Waals surface area contributed by atoms with Gasteiger partial charge in [0.15, 0.2) is 5.96 Å². The van der Waals surface area contributed by atoms with Gasteiger partial charge in [0.25, 0.3) is 0 Å². The van der Waals surface area contributed by atoms with Gasteiger partial charge in [0.2, 0.25) is 5.88 Å². The zero-order valence-electron chi connectivity index (χ0n) is 18.3. The molecule has 7 heteroatoms. The van der Waals surface area contributed by atoms with Gasteiger partial charge in [-0.1, -0.05) is 60.7 Å². The second-order valence-corrected chi connectivity index (χ2v) is 7.11. The van der Waals surface area contributed by atoms with Gasteiger partial charge in [-0.05, 0) is 36.1 Å². The molecule has 0 aliphatic heterocycles. The minimum Gasteiger partial charge on any atom is -0.473 e. The van der Waals surface area contributed by atoms with E-state index in [-0.39, 0.29) is 24.0 Å². The standard InChI is InChI=1S/C25H30N4O2.HI/c1-2-26-25(28-16-14-23(30)22-11-7-4-8-12-22)29-18-21-13-15-27-24(17-21)31-19-20-9-5-3-6-10-20;/h3-13,15,17,23,30H,2,14,16,18-19H2,1H3,(H2,26,28,29);1H. The van der Waals surface area contributed by atoms with Crippen LogP contribution in [-0.4, -0.2) is 29.1 Å². The molecule has 0 bridgehead atoms. The Balaban J connectivity index is 0.00000363. The predicted octanol–water partition coefficient (Wildman–Crippen LogP) is 4.46. The lowest BCUT2D eigenvalue weighted by atomic mass is 10.1. The molecule has 0 saturated heterocycles. The van der Waals surface area contributed by atoms with E-state index in [1.165, 1.54) is 0 Å². The van der Waals surface area contributed by atoms with Crippen molar-refractivity contribution in [1.82, 2.24) is 15.6 Å². The number of aliphatic hydroxyl groups is 1. The summed E-state index contributed by atoms with van der Waals surface area (Å²) in [5.74, 6) is 1.30. The van der Waals surface area contributed by atoms with Gasteiger partial charge in [-0.2, -0.15) is 0 Å². The molecule has 0 spiro atoms. The molecular weight excluding hydrogens is 515 g/mol. The van der Waals surface area contributed by atoms with Crippen molar-refractivity contribution in [2.24, 2.45) is 4.99 Å². The Morgan fingerprint density at radius 3 is 2.44 bits per heavy atom. The first kappa shape index (κ1) is 25.6. The van der Waals surface area contributed by atoms with E-state index in [0.717, 1.165) is 23.2 Å². The van der Waals surface area contributed by atoms with Crippen molar-refractivity contribution in [3.8, 4) is 5.88 Å². The molecule has 0 amide bonds. The molecule has 3 rings (SSSR count). The Morgan fingerprint density at radius 2 is 1.72 bits per heavy atom. The molecule has 1 aromatic heterocycles. The highest BCUT2D eigenvalue weighted by molar-refractivity contribution is 14.0. The number of hydrogen-bond donors (Lipinski definition) is 3. The normalized spacial score (nSPS) is 11.9. The van der Waals surface area contributed by atoms with E-state index in [0.29, 0.717) is 38.0 Å². The molecule has 170 valence electrons. The summed E-state index contributed by atoms with van der Waals surface area (Å²) in [6, 6.07) is 23.5. The van der Waals surface area contributed by atoms with E-state index in [4.69, 9.17) is 4.74 Å². The minimum atomic E-state index is -0.499. The number of pyridine rings is 1. The van der Waals surface area contributed by atoms with Crippen LogP contribution in [0.15, 0.2) is 84.0 Å². The van der Waals surface area contributed by atoms with E-state index in [2.05, 4.69) is 20.6 Å². The Kier molecular flexibility index (Phi) is 11.5. The highest BCUT2D eigenvalue weighted by atomic mass is 127. The van der Waals surface area contributed by atoms with Crippen LogP contribution < -0.4 is 15.4 Å². The van der Waals surface area contributed by atoms with Crippen LogP contribution in [-0.2, 0) is 13.2 Å². The van der Waals surface area contributed by atoms with Crippen molar-refractivity contribution < 1.29 is 9.84 Å². The number of hydrogen-bond acceptors (Lipinski definition) is 4. The maximum Gasteiger partial charge on any atom is 0.213 e. The Labute approximate surface area is 207 Å².